The summed E-state index contributed by atoms with van der Waals surface area (Å²) in [5.41, 5.74) is 4.95. The van der Waals surface area contributed by atoms with Gasteiger partial charge in [-0.2, -0.15) is 0 Å². The second kappa shape index (κ2) is 10.5. The van der Waals surface area contributed by atoms with E-state index in [2.05, 4.69) is 10.6 Å². The van der Waals surface area contributed by atoms with E-state index < -0.39 is 18.2 Å². The van der Waals surface area contributed by atoms with Gasteiger partial charge >= 0.3 is 6.09 Å². The molecule has 0 unspecified atom stereocenters. The minimum absolute atomic E-state index is 0.203. The summed E-state index contributed by atoms with van der Waals surface area (Å²) in [6.45, 7) is 4.83. The van der Waals surface area contributed by atoms with Gasteiger partial charge in [0.2, 0.25) is 5.91 Å². The Labute approximate surface area is 216 Å². The summed E-state index contributed by atoms with van der Waals surface area (Å²) >= 11 is 0. The Bertz CT molecular complexity index is 1300. The molecular formula is C30H31N3O4. The topological polar surface area (TPSA) is 87.7 Å². The molecule has 1 heterocycles. The van der Waals surface area contributed by atoms with E-state index in [1.807, 2.05) is 56.3 Å². The van der Waals surface area contributed by atoms with E-state index in [4.69, 9.17) is 4.74 Å². The average molecular weight is 498 g/mol. The van der Waals surface area contributed by atoms with Crippen LogP contribution in [0.15, 0.2) is 72.8 Å². The molecule has 3 amide bonds. The van der Waals surface area contributed by atoms with Gasteiger partial charge < -0.3 is 15.4 Å². The third kappa shape index (κ3) is 5.82. The number of aryl methyl sites for hydroxylation is 2. The highest BCUT2D eigenvalue weighted by molar-refractivity contribution is 6.04. The molecule has 2 atom stereocenters. The van der Waals surface area contributed by atoms with Crippen LogP contribution >= 0.6 is 0 Å². The van der Waals surface area contributed by atoms with Gasteiger partial charge in [0.15, 0.2) is 12.1 Å². The van der Waals surface area contributed by atoms with Crippen LogP contribution in [0.2, 0.25) is 0 Å². The molecule has 1 aliphatic carbocycles. The molecule has 2 aliphatic rings. The van der Waals surface area contributed by atoms with Crippen LogP contribution in [0.3, 0.4) is 0 Å². The molecule has 3 aromatic rings. The number of carbonyl (C=O) groups excluding carboxylic acids is 3. The lowest BCUT2D eigenvalue weighted by Gasteiger charge is -2.24. The zero-order valence-corrected chi connectivity index (χ0v) is 21.1. The summed E-state index contributed by atoms with van der Waals surface area (Å²) in [6, 6.07) is 21.6. The molecular weight excluding hydrogens is 466 g/mol. The lowest BCUT2D eigenvalue weighted by Crippen LogP contribution is -2.46. The van der Waals surface area contributed by atoms with E-state index in [0.29, 0.717) is 29.3 Å². The van der Waals surface area contributed by atoms with Gasteiger partial charge in [-0.25, -0.2) is 4.79 Å². The van der Waals surface area contributed by atoms with Crippen LogP contribution in [-0.4, -0.2) is 35.4 Å². The fourth-order valence-electron chi connectivity index (χ4n) is 4.52. The van der Waals surface area contributed by atoms with Crippen LogP contribution in [-0.2, 0) is 16.1 Å². The van der Waals surface area contributed by atoms with Crippen LogP contribution in [0.5, 0.6) is 0 Å². The SMILES string of the molecule is Cc1ccc(CN2C(=O)O[C@H](c3ccc(NC(=O)c4cccc(C)c4)cc3)[C@H]2C(=O)NCC2CC2)cc1. The van der Waals surface area contributed by atoms with Crippen molar-refractivity contribution in [2.75, 3.05) is 11.9 Å². The van der Waals surface area contributed by atoms with Crippen molar-refractivity contribution in [2.45, 2.75) is 45.4 Å². The molecule has 1 aliphatic heterocycles. The molecule has 5 rings (SSSR count). The fraction of sp³-hybridized carbons (Fsp3) is 0.300. The van der Waals surface area contributed by atoms with E-state index in [9.17, 15) is 14.4 Å². The molecule has 1 saturated heterocycles. The molecule has 3 aromatic carbocycles. The normalized spacial score (nSPS) is 18.9. The van der Waals surface area contributed by atoms with E-state index in [-0.39, 0.29) is 18.4 Å². The molecule has 190 valence electrons. The number of carbonyl (C=O) groups is 3. The van der Waals surface area contributed by atoms with Crippen molar-refractivity contribution >= 4 is 23.6 Å². The number of benzene rings is 3. The van der Waals surface area contributed by atoms with Gasteiger partial charge in [0.25, 0.3) is 5.91 Å². The standard InChI is InChI=1S/C30H31N3O4/c1-19-6-8-22(9-7-19)18-33-26(29(35)31-17-21-10-11-21)27(37-30(33)36)23-12-14-25(15-13-23)32-28(34)24-5-3-4-20(2)16-24/h3-9,12-16,21,26-27H,10-11,17-18H2,1-2H3,(H,31,35)(H,32,34)/t26-,27+/m0/s1. The van der Waals surface area contributed by atoms with Gasteiger partial charge in [-0.05, 0) is 68.0 Å². The molecule has 1 saturated carbocycles. The number of hydrogen-bond acceptors (Lipinski definition) is 4. The van der Waals surface area contributed by atoms with E-state index in [1.54, 1.807) is 30.3 Å². The second-order valence-electron chi connectivity index (χ2n) is 10.00. The first kappa shape index (κ1) is 24.6. The smallest absolute Gasteiger partial charge is 0.411 e. The van der Waals surface area contributed by atoms with E-state index >= 15 is 0 Å². The van der Waals surface area contributed by atoms with Gasteiger partial charge in [0.1, 0.15) is 0 Å². The van der Waals surface area contributed by atoms with Crippen molar-refractivity contribution < 1.29 is 19.1 Å². The molecule has 0 radical (unpaired) electrons. The van der Waals surface area contributed by atoms with E-state index in [0.717, 1.165) is 29.5 Å². The van der Waals surface area contributed by atoms with Crippen LogP contribution in [0.1, 0.15) is 51.6 Å². The zero-order valence-electron chi connectivity index (χ0n) is 21.1. The molecule has 2 N–H and O–H groups in total. The highest BCUT2D eigenvalue weighted by Gasteiger charge is 2.47. The van der Waals surface area contributed by atoms with Crippen molar-refractivity contribution in [3.05, 3.63) is 101 Å². The molecule has 7 heteroatoms. The molecule has 37 heavy (non-hydrogen) atoms. The summed E-state index contributed by atoms with van der Waals surface area (Å²) in [5.74, 6) is 0.0966. The first-order chi connectivity index (χ1) is 17.9. The summed E-state index contributed by atoms with van der Waals surface area (Å²) < 4.78 is 5.75. The maximum absolute atomic E-state index is 13.3. The Morgan fingerprint density at radius 3 is 2.35 bits per heavy atom. The molecule has 0 bridgehead atoms. The molecule has 0 aromatic heterocycles. The number of anilines is 1. The Morgan fingerprint density at radius 1 is 0.946 bits per heavy atom. The highest BCUT2D eigenvalue weighted by Crippen LogP contribution is 2.35. The van der Waals surface area contributed by atoms with Gasteiger partial charge in [0.05, 0.1) is 6.54 Å². The maximum Gasteiger partial charge on any atom is 0.411 e. The Morgan fingerprint density at radius 2 is 1.68 bits per heavy atom. The molecule has 2 fully saturated rings. The van der Waals surface area contributed by atoms with Crippen LogP contribution in [0.25, 0.3) is 0 Å². The number of nitrogens with one attached hydrogen (secondary N) is 2. The number of hydrogen-bond donors (Lipinski definition) is 2. The molecule has 7 nitrogen and oxygen atoms in total. The third-order valence-corrected chi connectivity index (χ3v) is 6.87. The van der Waals surface area contributed by atoms with Crippen molar-refractivity contribution in [2.24, 2.45) is 5.92 Å². The van der Waals surface area contributed by atoms with Crippen LogP contribution < -0.4 is 10.6 Å². The number of cyclic esters (lactones) is 1. The predicted molar refractivity (Wildman–Crippen MR) is 141 cm³/mol. The fourth-order valence-corrected chi connectivity index (χ4v) is 4.52. The quantitative estimate of drug-likeness (QED) is 0.451. The zero-order chi connectivity index (χ0) is 25.9. The summed E-state index contributed by atoms with van der Waals surface area (Å²) in [7, 11) is 0. The summed E-state index contributed by atoms with van der Waals surface area (Å²) in [5, 5.41) is 5.92. The van der Waals surface area contributed by atoms with Crippen molar-refractivity contribution in [1.29, 1.82) is 0 Å². The monoisotopic (exact) mass is 497 g/mol. The second-order valence-corrected chi connectivity index (χ2v) is 10.00. The van der Waals surface area contributed by atoms with Gasteiger partial charge in [-0.1, -0.05) is 59.7 Å². The summed E-state index contributed by atoms with van der Waals surface area (Å²) in [6.07, 6.45) is 0.965. The lowest BCUT2D eigenvalue weighted by molar-refractivity contribution is -0.126. The van der Waals surface area contributed by atoms with Crippen molar-refractivity contribution in [3.63, 3.8) is 0 Å². The summed E-state index contributed by atoms with van der Waals surface area (Å²) in [4.78, 5) is 40.4. The number of ether oxygens (including phenoxy) is 1. The number of nitrogens with zero attached hydrogens (tertiary/aromatic N) is 1. The van der Waals surface area contributed by atoms with Crippen LogP contribution in [0.4, 0.5) is 10.5 Å². The first-order valence-corrected chi connectivity index (χ1v) is 12.7. The van der Waals surface area contributed by atoms with E-state index in [1.165, 1.54) is 4.90 Å². The number of amides is 3. The lowest BCUT2D eigenvalue weighted by atomic mass is 10.00. The molecule has 0 spiro atoms. The largest absolute Gasteiger partial charge is 0.438 e. The van der Waals surface area contributed by atoms with Gasteiger partial charge in [0, 0.05) is 17.8 Å². The minimum atomic E-state index is -0.791. The van der Waals surface area contributed by atoms with Crippen molar-refractivity contribution in [3.8, 4) is 0 Å². The van der Waals surface area contributed by atoms with Crippen molar-refractivity contribution in [1.82, 2.24) is 10.2 Å². The van der Waals surface area contributed by atoms with Gasteiger partial charge in [-0.15, -0.1) is 0 Å². The minimum Gasteiger partial charge on any atom is -0.438 e. The average Bonchev–Trinajstić information content (AvgIpc) is 3.67. The predicted octanol–water partition coefficient (Wildman–Crippen LogP) is 5.14. The van der Waals surface area contributed by atoms with Crippen LogP contribution in [0, 0.1) is 19.8 Å². The highest BCUT2D eigenvalue weighted by atomic mass is 16.6. The third-order valence-electron chi connectivity index (χ3n) is 6.87. The Balaban J connectivity index is 1.34. The Kier molecular flexibility index (Phi) is 6.95. The Hall–Kier alpha value is -4.13. The first-order valence-electron chi connectivity index (χ1n) is 12.7. The maximum atomic E-state index is 13.3. The van der Waals surface area contributed by atoms with Gasteiger partial charge in [-0.3, -0.25) is 14.5 Å². The number of rotatable bonds is 8.